The van der Waals surface area contributed by atoms with Crippen molar-refractivity contribution < 1.29 is 9.50 Å². The number of aliphatic hydroxyl groups is 1. The molecule has 1 atom stereocenters. The molecule has 0 bridgehead atoms. The van der Waals surface area contributed by atoms with Crippen molar-refractivity contribution in [2.75, 3.05) is 5.32 Å². The molecule has 3 N–H and O–H groups in total. The Morgan fingerprint density at radius 1 is 1.35 bits per heavy atom. The average Bonchev–Trinajstić information content (AvgIpc) is 3.25. The van der Waals surface area contributed by atoms with Gasteiger partial charge in [0.15, 0.2) is 11.5 Å². The Kier molecular flexibility index (Phi) is 4.04. The number of H-pyrrole nitrogens is 1. The van der Waals surface area contributed by atoms with Crippen molar-refractivity contribution in [1.82, 2.24) is 24.3 Å². The number of halogens is 1. The highest BCUT2D eigenvalue weighted by Crippen LogP contribution is 2.29. The number of hydrogen-bond donors (Lipinski definition) is 3. The van der Waals surface area contributed by atoms with Gasteiger partial charge in [0.25, 0.3) is 0 Å². The molecule has 0 aromatic carbocycles. The number of rotatable bonds is 5. The molecule has 0 aliphatic heterocycles. The number of nitrogens with one attached hydrogen (secondary N) is 2. The van der Waals surface area contributed by atoms with Crippen molar-refractivity contribution in [3.8, 4) is 11.1 Å². The Morgan fingerprint density at radius 3 is 2.96 bits per heavy atom. The van der Waals surface area contributed by atoms with Crippen LogP contribution in [0.4, 0.5) is 10.3 Å². The molecule has 1 unspecified atom stereocenters. The molecule has 0 saturated carbocycles. The second-order valence-corrected chi connectivity index (χ2v) is 6.29. The molecular formula is C18H19FN6O. The molecule has 4 rings (SSSR count). The first-order chi connectivity index (χ1) is 12.6. The summed E-state index contributed by atoms with van der Waals surface area (Å²) < 4.78 is 16.0. The van der Waals surface area contributed by atoms with Crippen molar-refractivity contribution in [2.45, 2.75) is 32.9 Å². The van der Waals surface area contributed by atoms with Gasteiger partial charge in [-0.05, 0) is 19.4 Å². The summed E-state index contributed by atoms with van der Waals surface area (Å²) >= 11 is 0. The van der Waals surface area contributed by atoms with Crippen LogP contribution in [0.15, 0.2) is 30.9 Å². The molecule has 7 nitrogen and oxygen atoms in total. The molecule has 0 amide bonds. The van der Waals surface area contributed by atoms with Crippen LogP contribution in [0.3, 0.4) is 0 Å². The topological polar surface area (TPSA) is 91.1 Å². The minimum absolute atomic E-state index is 0.189. The fraction of sp³-hybridized carbons (Fsp3) is 0.278. The van der Waals surface area contributed by atoms with E-state index in [2.05, 4.69) is 39.1 Å². The number of aliphatic hydroxyl groups excluding tert-OH is 1. The van der Waals surface area contributed by atoms with Crippen molar-refractivity contribution in [1.29, 1.82) is 0 Å². The molecule has 4 aromatic heterocycles. The van der Waals surface area contributed by atoms with Crippen LogP contribution in [0, 0.1) is 5.82 Å². The van der Waals surface area contributed by atoms with E-state index in [9.17, 15) is 9.50 Å². The molecular weight excluding hydrogens is 335 g/mol. The number of hydrogen-bond acceptors (Lipinski definition) is 5. The summed E-state index contributed by atoms with van der Waals surface area (Å²) in [6, 6.07) is 1.70. The zero-order valence-corrected chi connectivity index (χ0v) is 14.5. The Balaban J connectivity index is 1.80. The first kappa shape index (κ1) is 16.5. The molecule has 0 aliphatic rings. The van der Waals surface area contributed by atoms with E-state index in [1.165, 1.54) is 12.3 Å². The standard InChI is InChI=1S/C18H19FN6O/c1-3-10(2)23-18-22-7-14-13(6-20-16(14)24-18)11-4-15(19)17-21-5-12(9-26)25(17)8-11/h4-8,10,26H,3,9H2,1-2H3,(H2,20,22,23,24). The second-order valence-electron chi connectivity index (χ2n) is 6.29. The Hall–Kier alpha value is -3.00. The van der Waals surface area contributed by atoms with E-state index in [0.29, 0.717) is 22.9 Å². The van der Waals surface area contributed by atoms with Gasteiger partial charge in [-0.25, -0.2) is 14.4 Å². The smallest absolute Gasteiger partial charge is 0.224 e. The van der Waals surface area contributed by atoms with E-state index in [4.69, 9.17) is 0 Å². The van der Waals surface area contributed by atoms with Crippen LogP contribution in [-0.4, -0.2) is 35.5 Å². The SMILES string of the molecule is CCC(C)Nc1ncc2c(-c3cc(F)c4ncc(CO)n4c3)c[nH]c2n1. The van der Waals surface area contributed by atoms with Crippen LogP contribution in [-0.2, 0) is 6.61 Å². The van der Waals surface area contributed by atoms with Crippen molar-refractivity contribution in [3.63, 3.8) is 0 Å². The van der Waals surface area contributed by atoms with Gasteiger partial charge in [0, 0.05) is 41.1 Å². The number of pyridine rings is 1. The molecule has 0 spiro atoms. The lowest BCUT2D eigenvalue weighted by Gasteiger charge is -2.10. The summed E-state index contributed by atoms with van der Waals surface area (Å²) in [6.45, 7) is 3.94. The minimum Gasteiger partial charge on any atom is -0.390 e. The molecule has 0 saturated heterocycles. The highest BCUT2D eigenvalue weighted by Gasteiger charge is 2.14. The maximum atomic E-state index is 14.4. The lowest BCUT2D eigenvalue weighted by molar-refractivity contribution is 0.276. The van der Waals surface area contributed by atoms with E-state index in [1.807, 2.05) is 0 Å². The third kappa shape index (κ3) is 2.68. The zero-order valence-electron chi connectivity index (χ0n) is 14.5. The van der Waals surface area contributed by atoms with E-state index in [-0.39, 0.29) is 18.3 Å². The summed E-state index contributed by atoms with van der Waals surface area (Å²) in [6.07, 6.45) is 7.69. The summed E-state index contributed by atoms with van der Waals surface area (Å²) in [7, 11) is 0. The van der Waals surface area contributed by atoms with Crippen molar-refractivity contribution >= 4 is 22.6 Å². The molecule has 134 valence electrons. The van der Waals surface area contributed by atoms with Gasteiger partial charge in [0.05, 0.1) is 18.5 Å². The summed E-state index contributed by atoms with van der Waals surface area (Å²) in [5.74, 6) is 0.103. The molecule has 26 heavy (non-hydrogen) atoms. The van der Waals surface area contributed by atoms with Crippen molar-refractivity contribution in [3.05, 3.63) is 42.4 Å². The van der Waals surface area contributed by atoms with E-state index in [1.54, 1.807) is 23.0 Å². The van der Waals surface area contributed by atoms with E-state index >= 15 is 0 Å². The number of anilines is 1. The predicted octanol–water partition coefficient (Wildman–Crippen LogP) is 3.11. The van der Waals surface area contributed by atoms with Gasteiger partial charge in [-0.15, -0.1) is 0 Å². The number of aromatic amines is 1. The molecule has 4 aromatic rings. The van der Waals surface area contributed by atoms with Gasteiger partial charge in [-0.1, -0.05) is 6.92 Å². The zero-order chi connectivity index (χ0) is 18.3. The molecule has 0 radical (unpaired) electrons. The normalized spacial score (nSPS) is 12.8. The van der Waals surface area contributed by atoms with Crippen molar-refractivity contribution in [2.24, 2.45) is 0 Å². The van der Waals surface area contributed by atoms with Crippen LogP contribution >= 0.6 is 0 Å². The molecule has 0 fully saturated rings. The first-order valence-corrected chi connectivity index (χ1v) is 8.48. The fourth-order valence-corrected chi connectivity index (χ4v) is 2.90. The van der Waals surface area contributed by atoms with Gasteiger partial charge in [-0.2, -0.15) is 4.98 Å². The lowest BCUT2D eigenvalue weighted by atomic mass is 10.1. The molecule has 4 heterocycles. The highest BCUT2D eigenvalue weighted by molar-refractivity contribution is 5.93. The van der Waals surface area contributed by atoms with Crippen LogP contribution in [0.2, 0.25) is 0 Å². The van der Waals surface area contributed by atoms with E-state index in [0.717, 1.165) is 17.4 Å². The number of imidazole rings is 1. The predicted molar refractivity (Wildman–Crippen MR) is 97.3 cm³/mol. The fourth-order valence-electron chi connectivity index (χ4n) is 2.90. The highest BCUT2D eigenvalue weighted by atomic mass is 19.1. The molecule has 0 aliphatic carbocycles. The summed E-state index contributed by atoms with van der Waals surface area (Å²) in [5.41, 5.74) is 2.83. The van der Waals surface area contributed by atoms with Gasteiger partial charge in [0.1, 0.15) is 5.65 Å². The molecule has 8 heteroatoms. The number of aromatic nitrogens is 5. The third-order valence-electron chi connectivity index (χ3n) is 4.53. The average molecular weight is 354 g/mol. The summed E-state index contributed by atoms with van der Waals surface area (Å²) in [5, 5.41) is 13.4. The second kappa shape index (κ2) is 6.38. The maximum Gasteiger partial charge on any atom is 0.224 e. The Morgan fingerprint density at radius 2 is 2.19 bits per heavy atom. The lowest BCUT2D eigenvalue weighted by Crippen LogP contribution is -2.15. The number of fused-ring (bicyclic) bond motifs is 2. The maximum absolute atomic E-state index is 14.4. The van der Waals surface area contributed by atoms with Gasteiger partial charge < -0.3 is 15.4 Å². The van der Waals surface area contributed by atoms with Gasteiger partial charge in [0.2, 0.25) is 5.95 Å². The number of nitrogens with zero attached hydrogens (tertiary/aromatic N) is 4. The van der Waals surface area contributed by atoms with Crippen LogP contribution in [0.25, 0.3) is 27.8 Å². The Labute approximate surface area is 148 Å². The third-order valence-corrected chi connectivity index (χ3v) is 4.53. The van der Waals surface area contributed by atoms with Crippen LogP contribution in [0.5, 0.6) is 0 Å². The Bertz CT molecular complexity index is 1090. The minimum atomic E-state index is -0.451. The quantitative estimate of drug-likeness (QED) is 0.512. The summed E-state index contributed by atoms with van der Waals surface area (Å²) in [4.78, 5) is 16.0. The van der Waals surface area contributed by atoms with E-state index < -0.39 is 5.82 Å². The largest absolute Gasteiger partial charge is 0.390 e. The monoisotopic (exact) mass is 354 g/mol. The van der Waals surface area contributed by atoms with Gasteiger partial charge >= 0.3 is 0 Å². The van der Waals surface area contributed by atoms with Gasteiger partial charge in [-0.3, -0.25) is 4.40 Å². The van der Waals surface area contributed by atoms with Crippen LogP contribution in [0.1, 0.15) is 26.0 Å². The first-order valence-electron chi connectivity index (χ1n) is 8.48. The van der Waals surface area contributed by atoms with Crippen LogP contribution < -0.4 is 5.32 Å².